The first-order valence-electron chi connectivity index (χ1n) is 11.3. The van der Waals surface area contributed by atoms with Crippen LogP contribution >= 0.6 is 0 Å². The maximum Gasteiger partial charge on any atom is 0.146 e. The Hall–Kier alpha value is -0.960. The van der Waals surface area contributed by atoms with E-state index in [4.69, 9.17) is 0 Å². The second-order valence-corrected chi connectivity index (χ2v) is 11.8. The van der Waals surface area contributed by atoms with Crippen molar-refractivity contribution < 1.29 is 14.7 Å². The summed E-state index contributed by atoms with van der Waals surface area (Å²) in [6.45, 7) is 11.9. The molecule has 3 unspecified atom stereocenters. The number of aliphatic hydroxyl groups is 1. The van der Waals surface area contributed by atoms with E-state index in [0.29, 0.717) is 22.8 Å². The van der Waals surface area contributed by atoms with Crippen molar-refractivity contribution in [1.82, 2.24) is 0 Å². The van der Waals surface area contributed by atoms with Crippen molar-refractivity contribution in [2.45, 2.75) is 85.7 Å². The highest BCUT2D eigenvalue weighted by atomic mass is 16.3. The van der Waals surface area contributed by atoms with Gasteiger partial charge in [-0.15, -0.1) is 0 Å². The highest BCUT2D eigenvalue weighted by Crippen LogP contribution is 2.72. The average molecular weight is 387 g/mol. The van der Waals surface area contributed by atoms with Crippen LogP contribution in [0.5, 0.6) is 0 Å². The molecule has 3 fully saturated rings. The third-order valence-electron chi connectivity index (χ3n) is 10.5. The quantitative estimate of drug-likeness (QED) is 0.682. The van der Waals surface area contributed by atoms with Gasteiger partial charge in [-0.2, -0.15) is 0 Å². The van der Waals surface area contributed by atoms with Crippen molar-refractivity contribution >= 4 is 12.6 Å². The molecule has 3 nitrogen and oxygen atoms in total. The Morgan fingerprint density at radius 3 is 2.29 bits per heavy atom. The van der Waals surface area contributed by atoms with E-state index >= 15 is 0 Å². The molecule has 4 rings (SSSR count). The van der Waals surface area contributed by atoms with Crippen LogP contribution in [0.2, 0.25) is 0 Å². The summed E-state index contributed by atoms with van der Waals surface area (Å²) >= 11 is 0. The highest BCUT2D eigenvalue weighted by molar-refractivity contribution is 5.82. The minimum Gasteiger partial charge on any atom is -0.393 e. The van der Waals surface area contributed by atoms with E-state index in [9.17, 15) is 14.7 Å². The van der Waals surface area contributed by atoms with Crippen LogP contribution in [0.25, 0.3) is 0 Å². The van der Waals surface area contributed by atoms with Gasteiger partial charge in [0.05, 0.1) is 12.0 Å². The Morgan fingerprint density at radius 2 is 1.64 bits per heavy atom. The van der Waals surface area contributed by atoms with Gasteiger partial charge in [0.15, 0.2) is 0 Å². The Balaban J connectivity index is 1.81. The first kappa shape index (κ1) is 20.3. The summed E-state index contributed by atoms with van der Waals surface area (Å²) in [5, 5.41) is 11.5. The van der Waals surface area contributed by atoms with Crippen LogP contribution in [0, 0.1) is 45.3 Å². The lowest BCUT2D eigenvalue weighted by Gasteiger charge is -2.70. The molecule has 4 aliphatic carbocycles. The number of carbonyl (C=O) groups excluding carboxylic acids is 2. The van der Waals surface area contributed by atoms with Gasteiger partial charge in [0, 0.05) is 5.41 Å². The van der Waals surface area contributed by atoms with Gasteiger partial charge in [-0.25, -0.2) is 0 Å². The van der Waals surface area contributed by atoms with Crippen LogP contribution < -0.4 is 0 Å². The largest absolute Gasteiger partial charge is 0.393 e. The van der Waals surface area contributed by atoms with Gasteiger partial charge in [-0.3, -0.25) is 4.79 Å². The number of aldehydes is 2. The lowest BCUT2D eigenvalue weighted by molar-refractivity contribution is -0.231. The van der Waals surface area contributed by atoms with Crippen LogP contribution in [0.1, 0.15) is 79.6 Å². The molecule has 0 aromatic rings. The standard InChI is InChI=1S/C25H38O3/c1-22(2)10-6-11-23(3)18(22)9-12-24(4)19-8-7-16(14-26)17(15-27)25(19,5)21(28)13-20(23)24/h7,14-15,17-21,28H,6,8-13H2,1-5H3/t17-,18?,19?,20?,21+,23-,24-,25+/m0/s1. The summed E-state index contributed by atoms with van der Waals surface area (Å²) in [4.78, 5) is 23.7. The van der Waals surface area contributed by atoms with Gasteiger partial charge < -0.3 is 9.90 Å². The number of hydrogen-bond acceptors (Lipinski definition) is 3. The maximum atomic E-state index is 12.1. The number of allylic oxidation sites excluding steroid dienone is 2. The Bertz CT molecular complexity index is 709. The molecule has 0 saturated heterocycles. The molecule has 0 aromatic heterocycles. The predicted molar refractivity (Wildman–Crippen MR) is 111 cm³/mol. The predicted octanol–water partition coefficient (Wildman–Crippen LogP) is 4.97. The average Bonchev–Trinajstić information content (AvgIpc) is 2.62. The Morgan fingerprint density at radius 1 is 0.964 bits per heavy atom. The highest BCUT2D eigenvalue weighted by Gasteiger charge is 2.67. The van der Waals surface area contributed by atoms with E-state index in [2.05, 4.69) is 34.6 Å². The van der Waals surface area contributed by atoms with Crippen LogP contribution in [-0.4, -0.2) is 23.8 Å². The van der Waals surface area contributed by atoms with E-state index in [1.807, 2.05) is 6.08 Å². The van der Waals surface area contributed by atoms with E-state index in [0.717, 1.165) is 25.4 Å². The minimum atomic E-state index is -0.536. The van der Waals surface area contributed by atoms with E-state index in [1.165, 1.54) is 32.1 Å². The molecule has 156 valence electrons. The van der Waals surface area contributed by atoms with Crippen molar-refractivity contribution in [3.05, 3.63) is 11.6 Å². The summed E-state index contributed by atoms with van der Waals surface area (Å²) in [7, 11) is 0. The topological polar surface area (TPSA) is 54.4 Å². The molecule has 1 N–H and O–H groups in total. The number of hydrogen-bond donors (Lipinski definition) is 1. The molecule has 0 aliphatic heterocycles. The first-order valence-corrected chi connectivity index (χ1v) is 11.3. The molecule has 0 spiro atoms. The summed E-state index contributed by atoms with van der Waals surface area (Å²) in [5.41, 5.74) is 0.767. The third kappa shape index (κ3) is 2.38. The zero-order valence-electron chi connectivity index (χ0n) is 18.3. The number of fused-ring (bicyclic) bond motifs is 5. The van der Waals surface area contributed by atoms with Crippen molar-refractivity contribution in [2.24, 2.45) is 45.3 Å². The van der Waals surface area contributed by atoms with Gasteiger partial charge in [0.1, 0.15) is 12.6 Å². The summed E-state index contributed by atoms with van der Waals surface area (Å²) in [6.07, 6.45) is 11.1. The van der Waals surface area contributed by atoms with E-state index < -0.39 is 17.4 Å². The molecule has 8 atom stereocenters. The van der Waals surface area contributed by atoms with Gasteiger partial charge in [0.2, 0.25) is 0 Å². The van der Waals surface area contributed by atoms with Gasteiger partial charge in [-0.1, -0.05) is 47.1 Å². The van der Waals surface area contributed by atoms with Crippen molar-refractivity contribution in [1.29, 1.82) is 0 Å². The summed E-state index contributed by atoms with van der Waals surface area (Å²) in [6, 6.07) is 0. The SMILES string of the molecule is CC1(C)CCC[C@@]2(C)C1CC[C@]1(C)C2C[C@@H](O)[C@@]2(C)C1CC=C(C=O)[C@@H]2C=O. The lowest BCUT2D eigenvalue weighted by atomic mass is 9.35. The zero-order chi connectivity index (χ0) is 20.5. The fourth-order valence-corrected chi connectivity index (χ4v) is 9.10. The summed E-state index contributed by atoms with van der Waals surface area (Å²) in [5.74, 6) is 0.945. The first-order chi connectivity index (χ1) is 13.1. The molecule has 3 heteroatoms. The molecule has 0 heterocycles. The molecule has 4 aliphatic rings. The Labute approximate surface area is 170 Å². The van der Waals surface area contributed by atoms with Crippen molar-refractivity contribution in [3.63, 3.8) is 0 Å². The lowest BCUT2D eigenvalue weighted by Crippen LogP contribution is -2.66. The molecule has 3 saturated carbocycles. The van der Waals surface area contributed by atoms with Crippen molar-refractivity contribution in [2.75, 3.05) is 0 Å². The van der Waals surface area contributed by atoms with Crippen molar-refractivity contribution in [3.8, 4) is 0 Å². The van der Waals surface area contributed by atoms with E-state index in [-0.39, 0.29) is 16.7 Å². The van der Waals surface area contributed by atoms with Crippen LogP contribution in [-0.2, 0) is 9.59 Å². The fraction of sp³-hybridized carbons (Fsp3) is 0.840. The minimum absolute atomic E-state index is 0.110. The molecule has 0 radical (unpaired) electrons. The molecular weight excluding hydrogens is 348 g/mol. The molecule has 28 heavy (non-hydrogen) atoms. The van der Waals surface area contributed by atoms with Crippen LogP contribution in [0.3, 0.4) is 0 Å². The van der Waals surface area contributed by atoms with Crippen LogP contribution in [0.4, 0.5) is 0 Å². The number of carbonyl (C=O) groups is 2. The van der Waals surface area contributed by atoms with Gasteiger partial charge in [-0.05, 0) is 78.1 Å². The zero-order valence-corrected chi connectivity index (χ0v) is 18.3. The van der Waals surface area contributed by atoms with Gasteiger partial charge in [0.25, 0.3) is 0 Å². The number of aliphatic hydroxyl groups excluding tert-OH is 1. The molecule has 0 amide bonds. The van der Waals surface area contributed by atoms with E-state index in [1.54, 1.807) is 0 Å². The normalized spacial score (nSPS) is 52.5. The fourth-order valence-electron chi connectivity index (χ4n) is 9.10. The smallest absolute Gasteiger partial charge is 0.146 e. The third-order valence-corrected chi connectivity index (χ3v) is 10.5. The van der Waals surface area contributed by atoms with Crippen LogP contribution in [0.15, 0.2) is 11.6 Å². The number of rotatable bonds is 2. The Kier molecular flexibility index (Phi) is 4.55. The monoisotopic (exact) mass is 386 g/mol. The van der Waals surface area contributed by atoms with Gasteiger partial charge >= 0.3 is 0 Å². The molecular formula is C25H38O3. The second-order valence-electron chi connectivity index (χ2n) is 11.8. The molecule has 0 aromatic carbocycles. The maximum absolute atomic E-state index is 12.1. The molecule has 0 bridgehead atoms. The second kappa shape index (κ2) is 6.27. The summed E-state index contributed by atoms with van der Waals surface area (Å²) < 4.78 is 0.